The Bertz CT molecular complexity index is 662. The molecule has 1 unspecified atom stereocenters. The highest BCUT2D eigenvalue weighted by Gasteiger charge is 2.50. The molecule has 0 saturated carbocycles. The van der Waals surface area contributed by atoms with Gasteiger partial charge in [-0.25, -0.2) is 8.51 Å². The van der Waals surface area contributed by atoms with Crippen LogP contribution in [-0.4, -0.2) is 72.2 Å². The van der Waals surface area contributed by atoms with Gasteiger partial charge in [0.25, 0.3) is 5.91 Å². The maximum atomic E-state index is 12.1. The van der Waals surface area contributed by atoms with Crippen LogP contribution in [0.5, 0.6) is 0 Å². The van der Waals surface area contributed by atoms with Gasteiger partial charge in [0.2, 0.25) is 5.91 Å². The van der Waals surface area contributed by atoms with E-state index in [0.29, 0.717) is 23.5 Å². The normalized spacial score (nSPS) is 19.5. The van der Waals surface area contributed by atoms with Crippen molar-refractivity contribution in [2.75, 3.05) is 46.9 Å². The van der Waals surface area contributed by atoms with E-state index in [4.69, 9.17) is 4.74 Å². The van der Waals surface area contributed by atoms with Gasteiger partial charge in [0.15, 0.2) is 0 Å². The molecular formula is C16H21N3O4S. The lowest BCUT2D eigenvalue weighted by Gasteiger charge is -2.54. The molecular weight excluding hydrogens is 330 g/mol. The van der Waals surface area contributed by atoms with Gasteiger partial charge in [-0.2, -0.15) is 0 Å². The Morgan fingerprint density at radius 2 is 1.88 bits per heavy atom. The average molecular weight is 351 g/mol. The summed E-state index contributed by atoms with van der Waals surface area (Å²) in [5, 5.41) is 2.64. The van der Waals surface area contributed by atoms with Gasteiger partial charge in [0.1, 0.15) is 11.0 Å². The van der Waals surface area contributed by atoms with Gasteiger partial charge in [0, 0.05) is 18.7 Å². The van der Waals surface area contributed by atoms with Crippen molar-refractivity contribution in [1.82, 2.24) is 14.5 Å². The van der Waals surface area contributed by atoms with Crippen molar-refractivity contribution in [3.8, 4) is 0 Å². The number of rotatable bonds is 5. The molecule has 2 aliphatic rings. The maximum absolute atomic E-state index is 12.1. The van der Waals surface area contributed by atoms with Crippen molar-refractivity contribution in [3.63, 3.8) is 0 Å². The number of hydrogen-bond donors (Lipinski definition) is 1. The third-order valence-corrected chi connectivity index (χ3v) is 5.61. The summed E-state index contributed by atoms with van der Waals surface area (Å²) in [6.07, 6.45) is 0. The molecule has 3 rings (SSSR count). The zero-order valence-electron chi connectivity index (χ0n) is 13.8. The molecule has 7 nitrogen and oxygen atoms in total. The lowest BCUT2D eigenvalue weighted by atomic mass is 9.78. The zero-order chi connectivity index (χ0) is 17.3. The van der Waals surface area contributed by atoms with E-state index in [-0.39, 0.29) is 23.8 Å². The highest BCUT2D eigenvalue weighted by atomic mass is 32.2. The third-order valence-electron chi connectivity index (χ3n) is 4.27. The second kappa shape index (κ2) is 6.62. The summed E-state index contributed by atoms with van der Waals surface area (Å²) >= 11 is 0. The van der Waals surface area contributed by atoms with Gasteiger partial charge in [0.05, 0.1) is 30.1 Å². The fourth-order valence-electron chi connectivity index (χ4n) is 2.82. The van der Waals surface area contributed by atoms with E-state index in [1.54, 1.807) is 47.6 Å². The van der Waals surface area contributed by atoms with Crippen molar-refractivity contribution in [2.24, 2.45) is 5.41 Å². The second-order valence-corrected chi connectivity index (χ2v) is 8.21. The fraction of sp³-hybridized carbons (Fsp3) is 0.500. The average Bonchev–Trinajstić information content (AvgIpc) is 2.49. The quantitative estimate of drug-likeness (QED) is 0.801. The number of ether oxygens (including phenoxy) is 1. The van der Waals surface area contributed by atoms with Crippen LogP contribution in [0.25, 0.3) is 0 Å². The molecule has 2 saturated heterocycles. The Morgan fingerprint density at radius 3 is 2.38 bits per heavy atom. The monoisotopic (exact) mass is 351 g/mol. The van der Waals surface area contributed by atoms with Gasteiger partial charge >= 0.3 is 0 Å². The SMILES string of the molecule is CN(C)S(=O)c1ccc(C(=O)NCC(=O)N2CC3(COC3)C2)cc1. The number of amides is 2. The number of benzene rings is 1. The van der Waals surface area contributed by atoms with E-state index in [1.807, 2.05) is 0 Å². The molecule has 1 atom stereocenters. The molecule has 2 heterocycles. The van der Waals surface area contributed by atoms with Crippen molar-refractivity contribution < 1.29 is 18.5 Å². The Labute approximate surface area is 143 Å². The molecule has 1 aromatic carbocycles. The van der Waals surface area contributed by atoms with Gasteiger partial charge in [-0.1, -0.05) is 0 Å². The van der Waals surface area contributed by atoms with Gasteiger partial charge in [-0.3, -0.25) is 9.59 Å². The first-order valence-electron chi connectivity index (χ1n) is 7.73. The van der Waals surface area contributed by atoms with Crippen LogP contribution in [0.1, 0.15) is 10.4 Å². The zero-order valence-corrected chi connectivity index (χ0v) is 14.6. The van der Waals surface area contributed by atoms with Gasteiger partial charge in [-0.15, -0.1) is 0 Å². The lowest BCUT2D eigenvalue weighted by molar-refractivity contribution is -0.194. The number of nitrogens with one attached hydrogen (secondary N) is 1. The van der Waals surface area contributed by atoms with Crippen LogP contribution >= 0.6 is 0 Å². The Morgan fingerprint density at radius 1 is 1.25 bits per heavy atom. The molecule has 0 bridgehead atoms. The molecule has 1 aromatic rings. The molecule has 8 heteroatoms. The summed E-state index contributed by atoms with van der Waals surface area (Å²) in [6, 6.07) is 6.53. The predicted molar refractivity (Wildman–Crippen MR) is 88.7 cm³/mol. The van der Waals surface area contributed by atoms with E-state index in [9.17, 15) is 13.8 Å². The van der Waals surface area contributed by atoms with Gasteiger partial charge in [-0.05, 0) is 38.4 Å². The Hall–Kier alpha value is -1.77. The van der Waals surface area contributed by atoms with Gasteiger partial charge < -0.3 is 15.0 Å². The summed E-state index contributed by atoms with van der Waals surface area (Å²) in [5.74, 6) is -0.390. The topological polar surface area (TPSA) is 79.0 Å². The number of carbonyl (C=O) groups excluding carboxylic acids is 2. The largest absolute Gasteiger partial charge is 0.380 e. The van der Waals surface area contributed by atoms with Crippen LogP contribution in [0.4, 0.5) is 0 Å². The van der Waals surface area contributed by atoms with Crippen LogP contribution < -0.4 is 5.32 Å². The Balaban J connectivity index is 1.48. The molecule has 24 heavy (non-hydrogen) atoms. The third kappa shape index (κ3) is 3.35. The molecule has 2 fully saturated rings. The Kier molecular flexibility index (Phi) is 4.71. The lowest BCUT2D eigenvalue weighted by Crippen LogP contribution is -2.68. The minimum absolute atomic E-state index is 0.0127. The number of carbonyl (C=O) groups is 2. The molecule has 2 amide bonds. The van der Waals surface area contributed by atoms with Crippen molar-refractivity contribution in [3.05, 3.63) is 29.8 Å². The summed E-state index contributed by atoms with van der Waals surface area (Å²) in [4.78, 5) is 26.5. The minimum atomic E-state index is -1.24. The molecule has 0 radical (unpaired) electrons. The van der Waals surface area contributed by atoms with Crippen LogP contribution in [0.3, 0.4) is 0 Å². The maximum Gasteiger partial charge on any atom is 0.251 e. The van der Waals surface area contributed by atoms with Crippen molar-refractivity contribution >= 4 is 22.8 Å². The van der Waals surface area contributed by atoms with E-state index in [2.05, 4.69) is 5.32 Å². The first kappa shape index (κ1) is 17.1. The molecule has 0 aromatic heterocycles. The minimum Gasteiger partial charge on any atom is -0.380 e. The predicted octanol–water partition coefficient (Wildman–Crippen LogP) is -0.141. The van der Waals surface area contributed by atoms with Crippen LogP contribution in [0, 0.1) is 5.41 Å². The van der Waals surface area contributed by atoms with Crippen LogP contribution in [0.2, 0.25) is 0 Å². The van der Waals surface area contributed by atoms with E-state index in [0.717, 1.165) is 13.2 Å². The summed E-state index contributed by atoms with van der Waals surface area (Å²) in [7, 11) is 2.20. The summed E-state index contributed by atoms with van der Waals surface area (Å²) in [6.45, 7) is 2.87. The first-order chi connectivity index (χ1) is 11.4. The van der Waals surface area contributed by atoms with Crippen molar-refractivity contribution in [1.29, 1.82) is 0 Å². The fourth-order valence-corrected chi connectivity index (χ4v) is 3.61. The molecule has 130 valence electrons. The number of likely N-dealkylation sites (tertiary alicyclic amines) is 1. The highest BCUT2D eigenvalue weighted by Crippen LogP contribution is 2.37. The molecule has 1 spiro atoms. The van der Waals surface area contributed by atoms with Crippen LogP contribution in [0.15, 0.2) is 29.2 Å². The molecule has 1 N–H and O–H groups in total. The van der Waals surface area contributed by atoms with E-state index >= 15 is 0 Å². The molecule has 0 aliphatic carbocycles. The number of hydrogen-bond acceptors (Lipinski definition) is 4. The summed E-state index contributed by atoms with van der Waals surface area (Å²) in [5.41, 5.74) is 0.618. The smallest absolute Gasteiger partial charge is 0.251 e. The first-order valence-corrected chi connectivity index (χ1v) is 8.84. The summed E-state index contributed by atoms with van der Waals surface area (Å²) < 4.78 is 18.7. The van der Waals surface area contributed by atoms with Crippen molar-refractivity contribution in [2.45, 2.75) is 4.90 Å². The number of nitrogens with zero attached hydrogens (tertiary/aromatic N) is 2. The highest BCUT2D eigenvalue weighted by molar-refractivity contribution is 7.82. The standard InChI is InChI=1S/C16H21N3O4S/c1-18(2)24(22)13-5-3-12(4-6-13)15(21)17-7-14(20)19-8-16(9-19)10-23-11-16/h3-6H,7-11H2,1-2H3,(H,17,21). The second-order valence-electron chi connectivity index (χ2n) is 6.51. The van der Waals surface area contributed by atoms with E-state index in [1.165, 1.54) is 0 Å². The van der Waals surface area contributed by atoms with E-state index < -0.39 is 11.0 Å². The van der Waals surface area contributed by atoms with Crippen LogP contribution in [-0.2, 0) is 20.5 Å². The molecule has 2 aliphatic heterocycles.